The Hall–Kier alpha value is -1.10. The molecule has 0 aliphatic heterocycles. The summed E-state index contributed by atoms with van der Waals surface area (Å²) in [6, 6.07) is 7.38. The Morgan fingerprint density at radius 1 is 1.25 bits per heavy atom. The van der Waals surface area contributed by atoms with E-state index in [2.05, 4.69) is 36.3 Å². The van der Waals surface area contributed by atoms with E-state index in [0.29, 0.717) is 11.6 Å². The summed E-state index contributed by atoms with van der Waals surface area (Å²) in [6.45, 7) is 9.69. The number of hydrogen-bond acceptors (Lipinski definition) is 3. The molecule has 0 aliphatic carbocycles. The Morgan fingerprint density at radius 2 is 1.85 bits per heavy atom. The van der Waals surface area contributed by atoms with Crippen molar-refractivity contribution in [3.05, 3.63) is 29.3 Å². The van der Waals surface area contributed by atoms with Crippen molar-refractivity contribution in [2.75, 3.05) is 31.5 Å². The Kier molecular flexibility index (Phi) is 7.59. The molecule has 0 heterocycles. The van der Waals surface area contributed by atoms with Gasteiger partial charge in [0.25, 0.3) is 0 Å². The molecule has 0 saturated heterocycles. The molecule has 0 aliphatic rings. The van der Waals surface area contributed by atoms with Crippen LogP contribution in [0.15, 0.2) is 24.3 Å². The lowest BCUT2D eigenvalue weighted by Gasteiger charge is -2.23. The van der Waals surface area contributed by atoms with Crippen molar-refractivity contribution in [3.63, 3.8) is 0 Å². The first-order chi connectivity index (χ1) is 9.55. The maximum Gasteiger partial charge on any atom is 0.238 e. The average Bonchev–Trinajstić information content (AvgIpc) is 2.45. The summed E-state index contributed by atoms with van der Waals surface area (Å²) >= 11 is 5.80. The van der Waals surface area contributed by atoms with E-state index in [4.69, 9.17) is 11.6 Å². The molecule has 1 aromatic rings. The van der Waals surface area contributed by atoms with Gasteiger partial charge in [0.05, 0.1) is 6.54 Å². The second kappa shape index (κ2) is 8.95. The number of anilines is 1. The monoisotopic (exact) mass is 297 g/mol. The Balaban J connectivity index is 2.30. The van der Waals surface area contributed by atoms with Crippen LogP contribution in [-0.2, 0) is 4.79 Å². The lowest BCUT2D eigenvalue weighted by Crippen LogP contribution is -2.42. The fraction of sp³-hybridized carbons (Fsp3) is 0.533. The van der Waals surface area contributed by atoms with Crippen LogP contribution in [0.1, 0.15) is 20.8 Å². The number of carbonyl (C=O) groups is 1. The summed E-state index contributed by atoms with van der Waals surface area (Å²) in [6.07, 6.45) is 0. The van der Waals surface area contributed by atoms with Crippen molar-refractivity contribution in [1.82, 2.24) is 10.2 Å². The molecule has 1 unspecified atom stereocenters. The Bertz CT molecular complexity index is 404. The second-order valence-corrected chi connectivity index (χ2v) is 5.26. The maximum atomic E-state index is 11.8. The van der Waals surface area contributed by atoms with Gasteiger partial charge < -0.3 is 15.5 Å². The number of amides is 1. The summed E-state index contributed by atoms with van der Waals surface area (Å²) in [5, 5.41) is 6.73. The SMILES string of the molecule is CCN(CC)CC(C)NCC(=O)Nc1ccc(Cl)cc1. The Morgan fingerprint density at radius 3 is 2.40 bits per heavy atom. The van der Waals surface area contributed by atoms with E-state index >= 15 is 0 Å². The van der Waals surface area contributed by atoms with Crippen LogP contribution >= 0.6 is 11.6 Å². The largest absolute Gasteiger partial charge is 0.325 e. The van der Waals surface area contributed by atoms with Crippen LogP contribution in [0.25, 0.3) is 0 Å². The van der Waals surface area contributed by atoms with Crippen LogP contribution in [0.2, 0.25) is 5.02 Å². The van der Waals surface area contributed by atoms with Gasteiger partial charge in [-0.25, -0.2) is 0 Å². The molecule has 4 nitrogen and oxygen atoms in total. The van der Waals surface area contributed by atoms with Crippen molar-refractivity contribution in [2.24, 2.45) is 0 Å². The molecule has 1 amide bonds. The molecule has 0 radical (unpaired) electrons. The van der Waals surface area contributed by atoms with Crippen LogP contribution in [-0.4, -0.2) is 43.0 Å². The number of benzene rings is 1. The van der Waals surface area contributed by atoms with Gasteiger partial charge in [0.15, 0.2) is 0 Å². The smallest absolute Gasteiger partial charge is 0.238 e. The summed E-state index contributed by atoms with van der Waals surface area (Å²) in [5.74, 6) is -0.0429. The molecule has 20 heavy (non-hydrogen) atoms. The zero-order valence-corrected chi connectivity index (χ0v) is 13.2. The molecule has 0 saturated carbocycles. The van der Waals surface area contributed by atoms with Crippen molar-refractivity contribution < 1.29 is 4.79 Å². The topological polar surface area (TPSA) is 44.4 Å². The summed E-state index contributed by atoms with van der Waals surface area (Å²) in [5.41, 5.74) is 0.762. The third-order valence-corrected chi connectivity index (χ3v) is 3.42. The van der Waals surface area contributed by atoms with Crippen molar-refractivity contribution in [2.45, 2.75) is 26.8 Å². The van der Waals surface area contributed by atoms with Crippen molar-refractivity contribution in [1.29, 1.82) is 0 Å². The molecule has 0 spiro atoms. The number of nitrogens with one attached hydrogen (secondary N) is 2. The van der Waals surface area contributed by atoms with E-state index in [1.165, 1.54) is 0 Å². The molecule has 0 bridgehead atoms. The minimum atomic E-state index is -0.0429. The minimum absolute atomic E-state index is 0.0429. The van der Waals surface area contributed by atoms with Crippen LogP contribution in [0, 0.1) is 0 Å². The first-order valence-corrected chi connectivity index (χ1v) is 7.44. The minimum Gasteiger partial charge on any atom is -0.325 e. The average molecular weight is 298 g/mol. The van der Waals surface area contributed by atoms with Crippen LogP contribution in [0.5, 0.6) is 0 Å². The van der Waals surface area contributed by atoms with Crippen molar-refractivity contribution in [3.8, 4) is 0 Å². The lowest BCUT2D eigenvalue weighted by atomic mass is 10.3. The molecule has 1 aromatic carbocycles. The third-order valence-electron chi connectivity index (χ3n) is 3.17. The Labute approximate surface area is 126 Å². The van der Waals surface area contributed by atoms with Gasteiger partial charge in [0, 0.05) is 23.3 Å². The van der Waals surface area contributed by atoms with Gasteiger partial charge in [-0.15, -0.1) is 0 Å². The van der Waals surface area contributed by atoms with Gasteiger partial charge in [-0.2, -0.15) is 0 Å². The number of halogens is 1. The zero-order chi connectivity index (χ0) is 15.0. The highest BCUT2D eigenvalue weighted by molar-refractivity contribution is 6.30. The molecule has 0 fully saturated rings. The van der Waals surface area contributed by atoms with Gasteiger partial charge in [-0.1, -0.05) is 25.4 Å². The number of rotatable bonds is 8. The maximum absolute atomic E-state index is 11.8. The van der Waals surface area contributed by atoms with E-state index in [0.717, 1.165) is 25.3 Å². The molecule has 5 heteroatoms. The first-order valence-electron chi connectivity index (χ1n) is 7.06. The summed E-state index contributed by atoms with van der Waals surface area (Å²) in [7, 11) is 0. The van der Waals surface area contributed by atoms with Crippen LogP contribution in [0.4, 0.5) is 5.69 Å². The molecule has 1 rings (SSSR count). The van der Waals surface area contributed by atoms with Gasteiger partial charge in [0.2, 0.25) is 5.91 Å². The fourth-order valence-corrected chi connectivity index (χ4v) is 2.06. The van der Waals surface area contributed by atoms with E-state index in [9.17, 15) is 4.79 Å². The fourth-order valence-electron chi connectivity index (χ4n) is 1.94. The van der Waals surface area contributed by atoms with Gasteiger partial charge in [0.1, 0.15) is 0 Å². The van der Waals surface area contributed by atoms with Crippen LogP contribution < -0.4 is 10.6 Å². The highest BCUT2D eigenvalue weighted by Crippen LogP contribution is 2.12. The highest BCUT2D eigenvalue weighted by atomic mass is 35.5. The molecular weight excluding hydrogens is 274 g/mol. The molecule has 0 aromatic heterocycles. The number of nitrogens with zero attached hydrogens (tertiary/aromatic N) is 1. The number of likely N-dealkylation sites (N-methyl/N-ethyl adjacent to an activating group) is 1. The van der Waals surface area contributed by atoms with E-state index in [1.54, 1.807) is 24.3 Å². The summed E-state index contributed by atoms with van der Waals surface area (Å²) in [4.78, 5) is 14.1. The number of hydrogen-bond donors (Lipinski definition) is 2. The van der Waals surface area contributed by atoms with Crippen molar-refractivity contribution >= 4 is 23.2 Å². The third kappa shape index (κ3) is 6.37. The van der Waals surface area contributed by atoms with E-state index in [-0.39, 0.29) is 11.9 Å². The standard InChI is InChI=1S/C15H24ClN3O/c1-4-19(5-2)11-12(3)17-10-15(20)18-14-8-6-13(16)7-9-14/h6-9,12,17H,4-5,10-11H2,1-3H3,(H,18,20). The van der Waals surface area contributed by atoms with Gasteiger partial charge in [-0.05, 0) is 44.3 Å². The zero-order valence-electron chi connectivity index (χ0n) is 12.4. The second-order valence-electron chi connectivity index (χ2n) is 4.82. The highest BCUT2D eigenvalue weighted by Gasteiger charge is 2.09. The molecular formula is C15H24ClN3O. The van der Waals surface area contributed by atoms with E-state index in [1.807, 2.05) is 0 Å². The quantitative estimate of drug-likeness (QED) is 0.775. The van der Waals surface area contributed by atoms with E-state index < -0.39 is 0 Å². The molecule has 2 N–H and O–H groups in total. The normalized spacial score (nSPS) is 12.4. The predicted octanol–water partition coefficient (Wildman–Crippen LogP) is 2.60. The molecule has 1 atom stereocenters. The lowest BCUT2D eigenvalue weighted by molar-refractivity contribution is -0.115. The van der Waals surface area contributed by atoms with Gasteiger partial charge in [-0.3, -0.25) is 4.79 Å². The number of carbonyl (C=O) groups excluding carboxylic acids is 1. The molecule has 112 valence electrons. The van der Waals surface area contributed by atoms with Gasteiger partial charge >= 0.3 is 0 Å². The van der Waals surface area contributed by atoms with Crippen LogP contribution in [0.3, 0.4) is 0 Å². The first kappa shape index (κ1) is 17.0. The predicted molar refractivity (Wildman–Crippen MR) is 85.3 cm³/mol. The summed E-state index contributed by atoms with van der Waals surface area (Å²) < 4.78 is 0.